The van der Waals surface area contributed by atoms with Crippen molar-refractivity contribution < 1.29 is 15.1 Å². The molecule has 0 aliphatic rings. The topological polar surface area (TPSA) is 178 Å². The number of rotatable bonds is 5. The maximum absolute atomic E-state index is 12.2. The molecule has 0 unspecified atom stereocenters. The second kappa shape index (κ2) is 7.89. The summed E-state index contributed by atoms with van der Waals surface area (Å²) in [5.41, 5.74) is 1.76. The first kappa shape index (κ1) is 19.1. The summed E-state index contributed by atoms with van der Waals surface area (Å²) >= 11 is 0. The number of phenolic OH excluding ortho intramolecular Hbond substituents is 2. The molecule has 0 radical (unpaired) electrons. The predicted molar refractivity (Wildman–Crippen MR) is 103 cm³/mol. The molecule has 0 spiro atoms. The van der Waals surface area contributed by atoms with Crippen molar-refractivity contribution in [2.75, 3.05) is 5.43 Å². The molecule has 3 aromatic rings. The van der Waals surface area contributed by atoms with Crippen molar-refractivity contribution in [2.24, 2.45) is 5.10 Å². The number of aromatic hydroxyl groups is 2. The van der Waals surface area contributed by atoms with Crippen LogP contribution in [0.1, 0.15) is 11.1 Å². The van der Waals surface area contributed by atoms with E-state index in [0.29, 0.717) is 5.56 Å². The third-order valence-electron chi connectivity index (χ3n) is 3.75. The van der Waals surface area contributed by atoms with Gasteiger partial charge in [0.1, 0.15) is 11.6 Å². The molecule has 1 aromatic heterocycles. The molecule has 0 bridgehead atoms. The lowest BCUT2D eigenvalue weighted by atomic mass is 10.1. The Balaban J connectivity index is 1.92. The van der Waals surface area contributed by atoms with Crippen molar-refractivity contribution in [3.05, 3.63) is 74.1 Å². The zero-order valence-corrected chi connectivity index (χ0v) is 14.5. The van der Waals surface area contributed by atoms with Gasteiger partial charge in [-0.1, -0.05) is 30.3 Å². The quantitative estimate of drug-likeness (QED) is 0.220. The van der Waals surface area contributed by atoms with Crippen molar-refractivity contribution in [3.63, 3.8) is 0 Å². The number of nitriles is 1. The van der Waals surface area contributed by atoms with Crippen LogP contribution in [0.3, 0.4) is 0 Å². The molecule has 3 rings (SSSR count). The molecular formula is C18H12N6O5. The zero-order chi connectivity index (χ0) is 21.0. The Morgan fingerprint density at radius 3 is 2.66 bits per heavy atom. The second-order valence-electron chi connectivity index (χ2n) is 5.65. The zero-order valence-electron chi connectivity index (χ0n) is 14.5. The molecule has 144 valence electrons. The minimum atomic E-state index is -0.856. The van der Waals surface area contributed by atoms with E-state index in [9.17, 15) is 30.4 Å². The van der Waals surface area contributed by atoms with Crippen LogP contribution < -0.4 is 11.0 Å². The van der Waals surface area contributed by atoms with Crippen LogP contribution in [0.25, 0.3) is 11.3 Å². The Hall–Kier alpha value is -4.72. The molecule has 11 heteroatoms. The smallest absolute Gasteiger partial charge is 0.315 e. The number of hydrogen-bond acceptors (Lipinski definition) is 9. The molecule has 0 fully saturated rings. The standard InChI is InChI=1S/C18H12N6O5/c19-8-12-15(11-4-2-1-3-5-11)21-18(22-17(12)27)23-20-9-10-6-13(24(28)29)16(26)14(25)7-10/h1-7,9,25-26H,(H2,21,22,23,27). The molecule has 1 heterocycles. The number of phenols is 2. The lowest BCUT2D eigenvalue weighted by molar-refractivity contribution is -0.386. The van der Waals surface area contributed by atoms with Crippen LogP contribution in [0, 0.1) is 21.4 Å². The van der Waals surface area contributed by atoms with Crippen molar-refractivity contribution >= 4 is 17.9 Å². The number of benzene rings is 2. The lowest BCUT2D eigenvalue weighted by Crippen LogP contribution is -2.16. The number of hydrazone groups is 1. The fourth-order valence-electron chi connectivity index (χ4n) is 2.44. The first-order chi connectivity index (χ1) is 13.9. The monoisotopic (exact) mass is 392 g/mol. The highest BCUT2D eigenvalue weighted by Crippen LogP contribution is 2.35. The third kappa shape index (κ3) is 4.01. The Morgan fingerprint density at radius 2 is 2.00 bits per heavy atom. The van der Waals surface area contributed by atoms with Gasteiger partial charge in [0.15, 0.2) is 5.75 Å². The first-order valence-corrected chi connectivity index (χ1v) is 8.00. The van der Waals surface area contributed by atoms with Gasteiger partial charge in [-0.15, -0.1) is 0 Å². The minimum absolute atomic E-state index is 0.0680. The van der Waals surface area contributed by atoms with Crippen LogP contribution in [0.4, 0.5) is 11.6 Å². The van der Waals surface area contributed by atoms with E-state index in [4.69, 9.17) is 0 Å². The molecule has 0 aliphatic heterocycles. The van der Waals surface area contributed by atoms with Gasteiger partial charge in [0.25, 0.3) is 5.56 Å². The number of H-pyrrole nitrogens is 1. The highest BCUT2D eigenvalue weighted by atomic mass is 16.6. The highest BCUT2D eigenvalue weighted by Gasteiger charge is 2.18. The van der Waals surface area contributed by atoms with Gasteiger partial charge in [0, 0.05) is 17.2 Å². The number of aromatic nitrogens is 2. The summed E-state index contributed by atoms with van der Waals surface area (Å²) in [5, 5.41) is 43.0. The number of nitro benzene ring substituents is 1. The van der Waals surface area contributed by atoms with E-state index in [0.717, 1.165) is 18.3 Å². The summed E-state index contributed by atoms with van der Waals surface area (Å²) in [7, 11) is 0. The first-order valence-electron chi connectivity index (χ1n) is 8.00. The predicted octanol–water partition coefficient (Wildman–Crippen LogP) is 2.07. The summed E-state index contributed by atoms with van der Waals surface area (Å²) in [4.78, 5) is 28.7. The van der Waals surface area contributed by atoms with Gasteiger partial charge in [0.05, 0.1) is 16.8 Å². The van der Waals surface area contributed by atoms with Crippen molar-refractivity contribution in [1.29, 1.82) is 5.26 Å². The van der Waals surface area contributed by atoms with Gasteiger partial charge in [-0.25, -0.2) is 10.4 Å². The van der Waals surface area contributed by atoms with Crippen molar-refractivity contribution in [2.45, 2.75) is 0 Å². The van der Waals surface area contributed by atoms with Crippen LogP contribution in [0.5, 0.6) is 11.5 Å². The fraction of sp³-hybridized carbons (Fsp3) is 0. The van der Waals surface area contributed by atoms with Crippen LogP contribution in [0.2, 0.25) is 0 Å². The molecule has 11 nitrogen and oxygen atoms in total. The van der Waals surface area contributed by atoms with Crippen LogP contribution in [-0.4, -0.2) is 31.3 Å². The van der Waals surface area contributed by atoms with Crippen LogP contribution in [-0.2, 0) is 0 Å². The largest absolute Gasteiger partial charge is 0.504 e. The number of nitrogens with zero attached hydrogens (tertiary/aromatic N) is 4. The van der Waals surface area contributed by atoms with E-state index in [-0.39, 0.29) is 22.8 Å². The minimum Gasteiger partial charge on any atom is -0.504 e. The third-order valence-corrected chi connectivity index (χ3v) is 3.75. The second-order valence-corrected chi connectivity index (χ2v) is 5.65. The average Bonchev–Trinajstić information content (AvgIpc) is 2.70. The molecule has 0 amide bonds. The molecule has 0 aliphatic carbocycles. The Bertz CT molecular complexity index is 1210. The summed E-state index contributed by atoms with van der Waals surface area (Å²) in [6.45, 7) is 0. The normalized spacial score (nSPS) is 10.6. The number of nitro groups is 1. The highest BCUT2D eigenvalue weighted by molar-refractivity contribution is 5.83. The van der Waals surface area contributed by atoms with Crippen molar-refractivity contribution in [1.82, 2.24) is 9.97 Å². The van der Waals surface area contributed by atoms with Gasteiger partial charge in [0.2, 0.25) is 11.7 Å². The molecule has 0 atom stereocenters. The van der Waals surface area contributed by atoms with Gasteiger partial charge in [-0.05, 0) is 6.07 Å². The van der Waals surface area contributed by atoms with Gasteiger partial charge in [-0.3, -0.25) is 19.9 Å². The average molecular weight is 392 g/mol. The van der Waals surface area contributed by atoms with Crippen LogP contribution in [0.15, 0.2) is 52.4 Å². The molecule has 0 saturated carbocycles. The molecule has 29 heavy (non-hydrogen) atoms. The van der Waals surface area contributed by atoms with E-state index in [1.807, 2.05) is 6.07 Å². The molecule has 4 N–H and O–H groups in total. The van der Waals surface area contributed by atoms with Crippen LogP contribution >= 0.6 is 0 Å². The maximum atomic E-state index is 12.2. The Labute approximate surface area is 162 Å². The Kier molecular flexibility index (Phi) is 5.18. The van der Waals surface area contributed by atoms with E-state index >= 15 is 0 Å². The summed E-state index contributed by atoms with van der Waals surface area (Å²) in [5.74, 6) is -1.61. The number of anilines is 1. The van der Waals surface area contributed by atoms with E-state index in [1.165, 1.54) is 0 Å². The van der Waals surface area contributed by atoms with E-state index in [2.05, 4.69) is 20.5 Å². The molecular weight excluding hydrogens is 380 g/mol. The lowest BCUT2D eigenvalue weighted by Gasteiger charge is -2.06. The fourth-order valence-corrected chi connectivity index (χ4v) is 2.44. The summed E-state index contributed by atoms with van der Waals surface area (Å²) in [6, 6.07) is 12.5. The molecule has 0 saturated heterocycles. The van der Waals surface area contributed by atoms with Crippen molar-refractivity contribution in [3.8, 4) is 28.8 Å². The number of aromatic amines is 1. The number of nitrogens with one attached hydrogen (secondary N) is 2. The molecule has 2 aromatic carbocycles. The summed E-state index contributed by atoms with van der Waals surface area (Å²) < 4.78 is 0. The van der Waals surface area contributed by atoms with E-state index in [1.54, 1.807) is 30.3 Å². The SMILES string of the molecule is N#Cc1c(-c2ccccc2)nc(NN=Cc2cc(O)c(O)c([N+](=O)[O-])c2)[nH]c1=O. The van der Waals surface area contributed by atoms with Gasteiger partial charge < -0.3 is 10.2 Å². The number of hydrogen-bond donors (Lipinski definition) is 4. The van der Waals surface area contributed by atoms with Gasteiger partial charge >= 0.3 is 5.69 Å². The summed E-state index contributed by atoms with van der Waals surface area (Å²) in [6.07, 6.45) is 1.12. The Morgan fingerprint density at radius 1 is 1.28 bits per heavy atom. The van der Waals surface area contributed by atoms with Gasteiger partial charge in [-0.2, -0.15) is 10.4 Å². The maximum Gasteiger partial charge on any atom is 0.315 e. The van der Waals surface area contributed by atoms with E-state index < -0.39 is 27.7 Å².